The third-order valence-corrected chi connectivity index (χ3v) is 3.21. The average Bonchev–Trinajstić information content (AvgIpc) is 2.38. The fourth-order valence-corrected chi connectivity index (χ4v) is 2.30. The molecule has 0 aromatic heterocycles. The van der Waals surface area contributed by atoms with Crippen LogP contribution in [0.3, 0.4) is 0 Å². The number of hydrogen-bond acceptors (Lipinski definition) is 2. The number of ether oxygens (including phenoxy) is 1. The summed E-state index contributed by atoms with van der Waals surface area (Å²) in [7, 11) is 1.82. The van der Waals surface area contributed by atoms with Gasteiger partial charge in [0.15, 0.2) is 0 Å². The topological polar surface area (TPSA) is 12.5 Å². The lowest BCUT2D eigenvalue weighted by atomic mass is 10.0. The zero-order chi connectivity index (χ0) is 9.97. The van der Waals surface area contributed by atoms with Crippen LogP contribution in [0, 0.1) is 5.92 Å². The van der Waals surface area contributed by atoms with Crippen LogP contribution >= 0.6 is 0 Å². The number of fused-ring (bicyclic) bond motifs is 1. The quantitative estimate of drug-likeness (QED) is 0.634. The highest BCUT2D eigenvalue weighted by Gasteiger charge is 2.26. The lowest BCUT2D eigenvalue weighted by Gasteiger charge is -2.33. The van der Waals surface area contributed by atoms with Crippen LogP contribution < -0.4 is 0 Å². The Morgan fingerprint density at radius 1 is 1.50 bits per heavy atom. The molecule has 14 heavy (non-hydrogen) atoms. The van der Waals surface area contributed by atoms with Crippen LogP contribution in [0.5, 0.6) is 0 Å². The summed E-state index contributed by atoms with van der Waals surface area (Å²) in [4.78, 5) is 2.39. The van der Waals surface area contributed by atoms with E-state index in [0.29, 0.717) is 0 Å². The normalized spacial score (nSPS) is 32.1. The standard InChI is InChI=1S/C12H19NO/c1-10-6-7-11-5-3-4-8-13(11)12(9-10)14-2/h3-5,10,12H,6-9H2,1-2H3. The van der Waals surface area contributed by atoms with Crippen LogP contribution in [-0.2, 0) is 4.74 Å². The highest BCUT2D eigenvalue weighted by atomic mass is 16.5. The molecule has 2 heteroatoms. The SMILES string of the molecule is COC1CC(C)CCC2=CC=CCN21. The summed E-state index contributed by atoms with van der Waals surface area (Å²) in [6.45, 7) is 3.33. The van der Waals surface area contributed by atoms with Gasteiger partial charge in [0.05, 0.1) is 0 Å². The first kappa shape index (κ1) is 9.78. The van der Waals surface area contributed by atoms with Crippen LogP contribution in [0.4, 0.5) is 0 Å². The molecule has 0 saturated carbocycles. The predicted molar refractivity (Wildman–Crippen MR) is 57.7 cm³/mol. The van der Waals surface area contributed by atoms with E-state index in [9.17, 15) is 0 Å². The van der Waals surface area contributed by atoms with Crippen molar-refractivity contribution in [2.45, 2.75) is 32.4 Å². The number of allylic oxidation sites excluding steroid dienone is 3. The summed E-state index contributed by atoms with van der Waals surface area (Å²) in [5.41, 5.74) is 1.45. The Morgan fingerprint density at radius 3 is 3.14 bits per heavy atom. The lowest BCUT2D eigenvalue weighted by molar-refractivity contribution is -0.0164. The number of rotatable bonds is 1. The van der Waals surface area contributed by atoms with Crippen LogP contribution in [-0.4, -0.2) is 24.8 Å². The Kier molecular flexibility index (Phi) is 2.92. The molecular weight excluding hydrogens is 174 g/mol. The van der Waals surface area contributed by atoms with Gasteiger partial charge in [0.25, 0.3) is 0 Å². The van der Waals surface area contributed by atoms with Crippen LogP contribution in [0.2, 0.25) is 0 Å². The van der Waals surface area contributed by atoms with Crippen LogP contribution in [0.25, 0.3) is 0 Å². The largest absolute Gasteiger partial charge is 0.362 e. The highest BCUT2D eigenvalue weighted by molar-refractivity contribution is 5.19. The maximum atomic E-state index is 5.56. The van der Waals surface area contributed by atoms with Gasteiger partial charge in [-0.05, 0) is 31.3 Å². The second kappa shape index (κ2) is 4.18. The molecule has 2 rings (SSSR count). The number of nitrogens with zero attached hydrogens (tertiary/aromatic N) is 1. The first-order chi connectivity index (χ1) is 6.81. The van der Waals surface area contributed by atoms with Crippen LogP contribution in [0.15, 0.2) is 23.9 Å². The zero-order valence-electron chi connectivity index (χ0n) is 9.07. The van der Waals surface area contributed by atoms with Gasteiger partial charge >= 0.3 is 0 Å². The van der Waals surface area contributed by atoms with Crippen molar-refractivity contribution >= 4 is 0 Å². The Labute approximate surface area is 86.2 Å². The maximum Gasteiger partial charge on any atom is 0.130 e. The second-order valence-corrected chi connectivity index (χ2v) is 4.31. The molecule has 2 nitrogen and oxygen atoms in total. The highest BCUT2D eigenvalue weighted by Crippen LogP contribution is 2.30. The molecule has 2 aliphatic rings. The van der Waals surface area contributed by atoms with Crippen molar-refractivity contribution < 1.29 is 4.74 Å². The second-order valence-electron chi connectivity index (χ2n) is 4.31. The van der Waals surface area contributed by atoms with E-state index in [1.54, 1.807) is 0 Å². The molecule has 78 valence electrons. The van der Waals surface area contributed by atoms with Gasteiger partial charge in [0.1, 0.15) is 6.23 Å². The summed E-state index contributed by atoms with van der Waals surface area (Å²) in [6.07, 6.45) is 10.5. The van der Waals surface area contributed by atoms with E-state index in [0.717, 1.165) is 18.9 Å². The number of methoxy groups -OCH3 is 1. The van der Waals surface area contributed by atoms with Crippen molar-refractivity contribution in [2.75, 3.05) is 13.7 Å². The number of hydrogen-bond donors (Lipinski definition) is 0. The van der Waals surface area contributed by atoms with Gasteiger partial charge < -0.3 is 9.64 Å². The van der Waals surface area contributed by atoms with Gasteiger partial charge in [0.2, 0.25) is 0 Å². The molecule has 0 bridgehead atoms. The van der Waals surface area contributed by atoms with E-state index in [1.165, 1.54) is 18.5 Å². The van der Waals surface area contributed by atoms with Crippen molar-refractivity contribution in [3.8, 4) is 0 Å². The van der Waals surface area contributed by atoms with E-state index < -0.39 is 0 Å². The minimum Gasteiger partial charge on any atom is -0.362 e. The van der Waals surface area contributed by atoms with Crippen molar-refractivity contribution in [1.82, 2.24) is 4.90 Å². The van der Waals surface area contributed by atoms with Crippen molar-refractivity contribution in [2.24, 2.45) is 5.92 Å². The molecule has 1 saturated heterocycles. The molecule has 2 heterocycles. The fourth-order valence-electron chi connectivity index (χ4n) is 2.30. The Hall–Kier alpha value is -0.760. The maximum absolute atomic E-state index is 5.56. The monoisotopic (exact) mass is 193 g/mol. The summed E-state index contributed by atoms with van der Waals surface area (Å²) in [5.74, 6) is 0.770. The van der Waals surface area contributed by atoms with E-state index in [1.807, 2.05) is 7.11 Å². The summed E-state index contributed by atoms with van der Waals surface area (Å²) < 4.78 is 5.56. The predicted octanol–water partition coefficient (Wildman–Crippen LogP) is 2.53. The van der Waals surface area contributed by atoms with Crippen molar-refractivity contribution in [3.63, 3.8) is 0 Å². The first-order valence-electron chi connectivity index (χ1n) is 5.46. The van der Waals surface area contributed by atoms with Gasteiger partial charge in [-0.15, -0.1) is 0 Å². The van der Waals surface area contributed by atoms with Crippen molar-refractivity contribution in [3.05, 3.63) is 23.9 Å². The van der Waals surface area contributed by atoms with E-state index >= 15 is 0 Å². The molecule has 0 radical (unpaired) electrons. The van der Waals surface area contributed by atoms with E-state index in [-0.39, 0.29) is 6.23 Å². The van der Waals surface area contributed by atoms with Gasteiger partial charge in [0, 0.05) is 19.4 Å². The smallest absolute Gasteiger partial charge is 0.130 e. The molecule has 0 aromatic rings. The molecule has 0 aliphatic carbocycles. The third-order valence-electron chi connectivity index (χ3n) is 3.21. The van der Waals surface area contributed by atoms with Gasteiger partial charge in [-0.3, -0.25) is 0 Å². The average molecular weight is 193 g/mol. The molecule has 0 spiro atoms. The Bertz CT molecular complexity index is 257. The molecule has 0 amide bonds. The summed E-state index contributed by atoms with van der Waals surface area (Å²) in [6, 6.07) is 0. The molecule has 2 unspecified atom stereocenters. The molecular formula is C12H19NO. The van der Waals surface area contributed by atoms with Crippen molar-refractivity contribution in [1.29, 1.82) is 0 Å². The lowest BCUT2D eigenvalue weighted by Crippen LogP contribution is -2.36. The molecule has 0 aromatic carbocycles. The third kappa shape index (κ3) is 1.85. The fraction of sp³-hybridized carbons (Fsp3) is 0.667. The first-order valence-corrected chi connectivity index (χ1v) is 5.46. The van der Waals surface area contributed by atoms with Crippen LogP contribution in [0.1, 0.15) is 26.2 Å². The van der Waals surface area contributed by atoms with Gasteiger partial charge in [-0.2, -0.15) is 0 Å². The Morgan fingerprint density at radius 2 is 2.36 bits per heavy atom. The summed E-state index contributed by atoms with van der Waals surface area (Å²) >= 11 is 0. The van der Waals surface area contributed by atoms with E-state index in [4.69, 9.17) is 4.74 Å². The van der Waals surface area contributed by atoms with E-state index in [2.05, 4.69) is 30.1 Å². The minimum atomic E-state index is 0.281. The zero-order valence-corrected chi connectivity index (χ0v) is 9.07. The van der Waals surface area contributed by atoms with Gasteiger partial charge in [-0.25, -0.2) is 0 Å². The molecule has 2 aliphatic heterocycles. The molecule has 2 atom stereocenters. The molecule has 1 fully saturated rings. The molecule has 0 N–H and O–H groups in total. The summed E-state index contributed by atoms with van der Waals surface area (Å²) in [5, 5.41) is 0. The Balaban J connectivity index is 2.17. The van der Waals surface area contributed by atoms with Gasteiger partial charge in [-0.1, -0.05) is 19.1 Å². The minimum absolute atomic E-state index is 0.281.